The summed E-state index contributed by atoms with van der Waals surface area (Å²) in [5.41, 5.74) is 2.09. The van der Waals surface area contributed by atoms with Gasteiger partial charge in [-0.3, -0.25) is 10.00 Å². The molecule has 0 spiro atoms. The Morgan fingerprint density at radius 2 is 1.91 bits per heavy atom. The molecule has 0 saturated heterocycles. The maximum Gasteiger partial charge on any atom is 0.411 e. The van der Waals surface area contributed by atoms with Crippen molar-refractivity contribution in [3.8, 4) is 11.3 Å². The number of nitrogens with one attached hydrogen (secondary N) is 3. The highest BCUT2D eigenvalue weighted by atomic mass is 35.5. The normalized spacial score (nSPS) is 12.2. The van der Waals surface area contributed by atoms with E-state index < -0.39 is 23.8 Å². The monoisotopic (exact) mass is 488 g/mol. The van der Waals surface area contributed by atoms with Crippen LogP contribution in [0.15, 0.2) is 36.7 Å². The van der Waals surface area contributed by atoms with Crippen LogP contribution in [0.3, 0.4) is 0 Å². The van der Waals surface area contributed by atoms with E-state index in [0.29, 0.717) is 35.3 Å². The van der Waals surface area contributed by atoms with Crippen molar-refractivity contribution in [2.45, 2.75) is 52.3 Å². The van der Waals surface area contributed by atoms with Gasteiger partial charge in [0.2, 0.25) is 0 Å². The van der Waals surface area contributed by atoms with E-state index in [4.69, 9.17) is 16.3 Å². The van der Waals surface area contributed by atoms with E-state index in [1.54, 1.807) is 55.9 Å². The zero-order valence-corrected chi connectivity index (χ0v) is 20.6. The molecule has 2 aromatic heterocycles. The Morgan fingerprint density at radius 1 is 1.21 bits per heavy atom. The number of aromatic amines is 1. The van der Waals surface area contributed by atoms with E-state index in [2.05, 4.69) is 30.4 Å². The third-order valence-electron chi connectivity index (χ3n) is 4.77. The number of carbonyl (C=O) groups is 2. The average Bonchev–Trinajstić information content (AvgIpc) is 3.39. The van der Waals surface area contributed by atoms with Gasteiger partial charge in [0.15, 0.2) is 0 Å². The Morgan fingerprint density at radius 3 is 2.50 bits per heavy atom. The van der Waals surface area contributed by atoms with Crippen LogP contribution in [-0.4, -0.2) is 44.6 Å². The molecule has 3 rings (SSSR count). The van der Waals surface area contributed by atoms with Gasteiger partial charge >= 0.3 is 12.2 Å². The largest absolute Gasteiger partial charge is 0.453 e. The number of methoxy groups -OCH3 is 1. The molecule has 0 aliphatic carbocycles. The van der Waals surface area contributed by atoms with Gasteiger partial charge in [-0.2, -0.15) is 5.10 Å². The minimum absolute atomic E-state index is 0.344. The highest BCUT2D eigenvalue weighted by molar-refractivity contribution is 6.31. The van der Waals surface area contributed by atoms with Crippen LogP contribution in [0.5, 0.6) is 0 Å². The Labute approximate surface area is 203 Å². The van der Waals surface area contributed by atoms with Gasteiger partial charge < -0.3 is 19.8 Å². The Kier molecular flexibility index (Phi) is 7.83. The zero-order valence-electron chi connectivity index (χ0n) is 19.8. The number of benzene rings is 1. The van der Waals surface area contributed by atoms with Gasteiger partial charge in [0, 0.05) is 36.0 Å². The second kappa shape index (κ2) is 10.6. The van der Waals surface area contributed by atoms with Crippen LogP contribution < -0.4 is 10.6 Å². The Bertz CT molecular complexity index is 1130. The van der Waals surface area contributed by atoms with Crippen molar-refractivity contribution in [2.75, 3.05) is 12.4 Å². The summed E-state index contributed by atoms with van der Waals surface area (Å²) >= 11 is 6.44. The molecular weight excluding hydrogens is 460 g/mol. The third-order valence-corrected chi connectivity index (χ3v) is 5.04. The number of imidazole rings is 1. The summed E-state index contributed by atoms with van der Waals surface area (Å²) in [6.07, 6.45) is 2.84. The number of aromatic nitrogens is 4. The van der Waals surface area contributed by atoms with Gasteiger partial charge in [0.1, 0.15) is 22.3 Å². The number of H-pyrrole nitrogens is 1. The van der Waals surface area contributed by atoms with E-state index in [-0.39, 0.29) is 0 Å². The maximum atomic E-state index is 12.5. The van der Waals surface area contributed by atoms with Crippen molar-refractivity contribution in [3.63, 3.8) is 0 Å². The molecule has 3 N–H and O–H groups in total. The first-order valence-corrected chi connectivity index (χ1v) is 11.2. The first-order chi connectivity index (χ1) is 16.1. The Balaban J connectivity index is 1.81. The Hall–Kier alpha value is -3.53. The topological polar surface area (TPSA) is 123 Å². The lowest BCUT2D eigenvalue weighted by molar-refractivity contribution is 0.0503. The van der Waals surface area contributed by atoms with Crippen LogP contribution in [-0.2, 0) is 22.4 Å². The molecule has 10 nitrogen and oxygen atoms in total. The fourth-order valence-corrected chi connectivity index (χ4v) is 3.45. The summed E-state index contributed by atoms with van der Waals surface area (Å²) in [6.45, 7) is 8.11. The van der Waals surface area contributed by atoms with Gasteiger partial charge in [-0.1, -0.05) is 23.7 Å². The molecule has 0 bridgehead atoms. The minimum atomic E-state index is -0.627. The van der Waals surface area contributed by atoms with Gasteiger partial charge in [-0.15, -0.1) is 0 Å². The minimum Gasteiger partial charge on any atom is -0.453 e. The lowest BCUT2D eigenvalue weighted by Crippen LogP contribution is -2.35. The SMILES string of the molecule is CCn1cc(C(Cc2nc(-c3ccc(NC(=O)OC)cc3)c(Cl)[nH]2)NC(=O)OC(C)(C)C)cn1. The molecule has 2 heterocycles. The number of rotatable bonds is 7. The van der Waals surface area contributed by atoms with E-state index in [9.17, 15) is 9.59 Å². The highest BCUT2D eigenvalue weighted by Gasteiger charge is 2.23. The molecule has 0 aliphatic rings. The predicted molar refractivity (Wildman–Crippen MR) is 129 cm³/mol. The summed E-state index contributed by atoms with van der Waals surface area (Å²) in [4.78, 5) is 31.6. The summed E-state index contributed by atoms with van der Waals surface area (Å²) in [7, 11) is 1.30. The molecule has 1 unspecified atom stereocenters. The lowest BCUT2D eigenvalue weighted by Gasteiger charge is -2.23. The number of alkyl carbamates (subject to hydrolysis) is 1. The lowest BCUT2D eigenvalue weighted by atomic mass is 10.1. The molecule has 1 atom stereocenters. The molecule has 0 aliphatic heterocycles. The van der Waals surface area contributed by atoms with Crippen molar-refractivity contribution < 1.29 is 19.1 Å². The average molecular weight is 489 g/mol. The summed E-state index contributed by atoms with van der Waals surface area (Å²) in [5.74, 6) is 0.585. The number of amides is 2. The number of anilines is 1. The quantitative estimate of drug-likeness (QED) is 0.433. The van der Waals surface area contributed by atoms with Gasteiger partial charge in [0.25, 0.3) is 0 Å². The van der Waals surface area contributed by atoms with Gasteiger partial charge in [-0.25, -0.2) is 14.6 Å². The van der Waals surface area contributed by atoms with Crippen molar-refractivity contribution in [3.05, 3.63) is 53.2 Å². The summed E-state index contributed by atoms with van der Waals surface area (Å²) < 4.78 is 11.8. The van der Waals surface area contributed by atoms with Crippen LogP contribution in [0, 0.1) is 0 Å². The van der Waals surface area contributed by atoms with E-state index in [1.807, 2.05) is 13.1 Å². The maximum absolute atomic E-state index is 12.5. The molecule has 11 heteroatoms. The van der Waals surface area contributed by atoms with Crippen molar-refractivity contribution in [1.29, 1.82) is 0 Å². The smallest absolute Gasteiger partial charge is 0.411 e. The molecule has 0 fully saturated rings. The van der Waals surface area contributed by atoms with Crippen molar-refractivity contribution >= 4 is 29.5 Å². The molecule has 0 saturated carbocycles. The zero-order chi connectivity index (χ0) is 24.9. The fraction of sp³-hybridized carbons (Fsp3) is 0.391. The molecule has 3 aromatic rings. The number of halogens is 1. The van der Waals surface area contributed by atoms with Crippen LogP contribution in [0.1, 0.15) is 45.1 Å². The molecule has 34 heavy (non-hydrogen) atoms. The second-order valence-electron chi connectivity index (χ2n) is 8.57. The van der Waals surface area contributed by atoms with Crippen LogP contribution >= 0.6 is 11.6 Å². The van der Waals surface area contributed by atoms with Crippen LogP contribution in [0.2, 0.25) is 5.15 Å². The molecule has 2 amide bonds. The van der Waals surface area contributed by atoms with Crippen LogP contribution in [0.25, 0.3) is 11.3 Å². The predicted octanol–water partition coefficient (Wildman–Crippen LogP) is 4.93. The first-order valence-electron chi connectivity index (χ1n) is 10.8. The first kappa shape index (κ1) is 25.1. The van der Waals surface area contributed by atoms with Gasteiger partial charge in [0.05, 0.1) is 19.3 Å². The van der Waals surface area contributed by atoms with Crippen molar-refractivity contribution in [2.24, 2.45) is 0 Å². The highest BCUT2D eigenvalue weighted by Crippen LogP contribution is 2.28. The second-order valence-corrected chi connectivity index (χ2v) is 8.95. The number of hydrogen-bond donors (Lipinski definition) is 3. The van der Waals surface area contributed by atoms with E-state index >= 15 is 0 Å². The molecule has 0 radical (unpaired) electrons. The fourth-order valence-electron chi connectivity index (χ4n) is 3.19. The number of carbonyl (C=O) groups excluding carboxylic acids is 2. The molecule has 182 valence electrons. The number of hydrogen-bond acceptors (Lipinski definition) is 6. The number of aryl methyl sites for hydroxylation is 1. The number of ether oxygens (including phenoxy) is 2. The van der Waals surface area contributed by atoms with Crippen LogP contribution in [0.4, 0.5) is 15.3 Å². The van der Waals surface area contributed by atoms with E-state index in [0.717, 1.165) is 11.1 Å². The third kappa shape index (κ3) is 6.74. The molecule has 1 aromatic carbocycles. The standard InChI is InChI=1S/C23H29ClN6O4/c1-6-30-13-15(12-25-30)17(27-22(32)34-23(2,3)4)11-18-28-19(20(24)29-18)14-7-9-16(10-8-14)26-21(31)33-5/h7-10,12-13,17H,6,11H2,1-5H3,(H,26,31)(H,27,32)(H,28,29). The van der Waals surface area contributed by atoms with Gasteiger partial charge in [-0.05, 0) is 39.8 Å². The van der Waals surface area contributed by atoms with Crippen molar-refractivity contribution in [1.82, 2.24) is 25.1 Å². The number of nitrogens with zero attached hydrogens (tertiary/aromatic N) is 3. The molecular formula is C23H29ClN6O4. The van der Waals surface area contributed by atoms with E-state index in [1.165, 1.54) is 7.11 Å². The summed E-state index contributed by atoms with van der Waals surface area (Å²) in [5, 5.41) is 10.2. The summed E-state index contributed by atoms with van der Waals surface area (Å²) in [6, 6.07) is 6.60.